The quantitative estimate of drug-likeness (QED) is 0.801. The van der Waals surface area contributed by atoms with Gasteiger partial charge in [-0.25, -0.2) is 0 Å². The molecule has 110 valence electrons. The highest BCUT2D eigenvalue weighted by Crippen LogP contribution is 2.23. The highest BCUT2D eigenvalue weighted by Gasteiger charge is 2.30. The van der Waals surface area contributed by atoms with Crippen molar-refractivity contribution in [2.24, 2.45) is 0 Å². The van der Waals surface area contributed by atoms with Crippen LogP contribution in [0, 0.1) is 0 Å². The van der Waals surface area contributed by atoms with Crippen molar-refractivity contribution in [3.05, 3.63) is 65.0 Å². The first kappa shape index (κ1) is 15.4. The van der Waals surface area contributed by atoms with Gasteiger partial charge in [0.25, 0.3) is 0 Å². The summed E-state index contributed by atoms with van der Waals surface area (Å²) in [5.74, 6) is -0.243. The van der Waals surface area contributed by atoms with Gasteiger partial charge in [-0.1, -0.05) is 35.9 Å². The number of nitrogens with zero attached hydrogens (tertiary/aromatic N) is 1. The van der Waals surface area contributed by atoms with E-state index in [0.29, 0.717) is 11.4 Å². The van der Waals surface area contributed by atoms with Crippen molar-refractivity contribution in [2.75, 3.05) is 0 Å². The number of pyridine rings is 1. The average molecular weight is 314 g/mol. The lowest BCUT2D eigenvalue weighted by Gasteiger charge is -2.08. The number of aromatic nitrogens is 1. The number of allylic oxidation sites excluding steroid dienone is 1. The molecule has 2 nitrogen and oxygen atoms in total. The fourth-order valence-electron chi connectivity index (χ4n) is 1.66. The minimum absolute atomic E-state index is 0.243. The van der Waals surface area contributed by atoms with E-state index in [4.69, 9.17) is 11.6 Å². The first-order chi connectivity index (χ1) is 9.94. The van der Waals surface area contributed by atoms with E-state index in [1.165, 1.54) is 24.3 Å². The molecule has 2 rings (SSSR count). The average Bonchev–Trinajstić information content (AvgIpc) is 2.41. The lowest BCUT2D eigenvalue weighted by atomic mass is 10.1. The zero-order valence-corrected chi connectivity index (χ0v) is 11.5. The molecule has 0 saturated carbocycles. The summed E-state index contributed by atoms with van der Waals surface area (Å²) in [6.45, 7) is 0. The number of alkyl halides is 3. The number of hydrogen-bond donors (Lipinski definition) is 0. The molecule has 6 heteroatoms. The topological polar surface area (TPSA) is 22.1 Å². The second-order valence-corrected chi connectivity index (χ2v) is 4.56. The Hall–Kier alpha value is -2.01. The lowest BCUT2D eigenvalue weighted by molar-refractivity contribution is -0.274. The second kappa shape index (κ2) is 6.63. The van der Waals surface area contributed by atoms with Gasteiger partial charge in [0.1, 0.15) is 5.75 Å². The molecule has 0 spiro atoms. The van der Waals surface area contributed by atoms with Crippen LogP contribution in [-0.2, 0) is 6.42 Å². The van der Waals surface area contributed by atoms with E-state index in [1.807, 2.05) is 6.08 Å². The van der Waals surface area contributed by atoms with E-state index in [9.17, 15) is 13.2 Å². The zero-order chi connectivity index (χ0) is 15.3. The third-order valence-corrected chi connectivity index (χ3v) is 2.91. The predicted molar refractivity (Wildman–Crippen MR) is 75.1 cm³/mol. The van der Waals surface area contributed by atoms with E-state index < -0.39 is 6.36 Å². The van der Waals surface area contributed by atoms with E-state index >= 15 is 0 Å². The molecule has 2 aromatic rings. The van der Waals surface area contributed by atoms with Crippen LogP contribution < -0.4 is 4.74 Å². The Morgan fingerprint density at radius 2 is 1.86 bits per heavy atom. The molecule has 1 heterocycles. The molecule has 0 unspecified atom stereocenters. The zero-order valence-electron chi connectivity index (χ0n) is 10.8. The highest BCUT2D eigenvalue weighted by molar-refractivity contribution is 6.31. The van der Waals surface area contributed by atoms with Gasteiger partial charge < -0.3 is 4.74 Å². The number of benzene rings is 1. The van der Waals surface area contributed by atoms with Crippen LogP contribution in [0.1, 0.15) is 11.3 Å². The first-order valence-corrected chi connectivity index (χ1v) is 6.43. The fraction of sp³-hybridized carbons (Fsp3) is 0.133. The molecular formula is C15H11ClF3NO. The van der Waals surface area contributed by atoms with Crippen LogP contribution in [0.15, 0.2) is 48.7 Å². The maximum absolute atomic E-state index is 12.0. The third-order valence-electron chi connectivity index (χ3n) is 2.57. The minimum atomic E-state index is -4.67. The van der Waals surface area contributed by atoms with E-state index in [2.05, 4.69) is 9.72 Å². The molecule has 0 bridgehead atoms. The molecule has 0 fully saturated rings. The maximum Gasteiger partial charge on any atom is 0.573 e. The Morgan fingerprint density at radius 1 is 1.14 bits per heavy atom. The van der Waals surface area contributed by atoms with Crippen LogP contribution in [0.3, 0.4) is 0 Å². The molecule has 0 aliphatic carbocycles. The minimum Gasteiger partial charge on any atom is -0.406 e. The molecule has 1 aromatic heterocycles. The van der Waals surface area contributed by atoms with Crippen molar-refractivity contribution in [2.45, 2.75) is 12.8 Å². The van der Waals surface area contributed by atoms with Gasteiger partial charge in [-0.05, 0) is 29.8 Å². The van der Waals surface area contributed by atoms with Crippen molar-refractivity contribution < 1.29 is 17.9 Å². The molecule has 0 atom stereocenters. The van der Waals surface area contributed by atoms with Gasteiger partial charge in [-0.15, -0.1) is 13.2 Å². The smallest absolute Gasteiger partial charge is 0.406 e. The second-order valence-electron chi connectivity index (χ2n) is 4.16. The molecule has 1 aromatic carbocycles. The summed E-state index contributed by atoms with van der Waals surface area (Å²) < 4.78 is 39.8. The summed E-state index contributed by atoms with van der Waals surface area (Å²) >= 11 is 5.97. The van der Waals surface area contributed by atoms with Gasteiger partial charge in [0.05, 0.1) is 10.7 Å². The van der Waals surface area contributed by atoms with Crippen LogP contribution >= 0.6 is 11.6 Å². The molecular weight excluding hydrogens is 303 g/mol. The van der Waals surface area contributed by atoms with Gasteiger partial charge in [-0.2, -0.15) is 0 Å². The molecule has 0 amide bonds. The van der Waals surface area contributed by atoms with E-state index in [1.54, 1.807) is 24.4 Å². The van der Waals surface area contributed by atoms with Crippen molar-refractivity contribution in [1.29, 1.82) is 0 Å². The van der Waals surface area contributed by atoms with Crippen LogP contribution in [0.25, 0.3) is 6.08 Å². The molecule has 0 aliphatic heterocycles. The molecule has 0 radical (unpaired) electrons. The van der Waals surface area contributed by atoms with Crippen LogP contribution in [-0.4, -0.2) is 11.3 Å². The monoisotopic (exact) mass is 313 g/mol. The summed E-state index contributed by atoms with van der Waals surface area (Å²) in [6.07, 6.45) is 1.14. The number of ether oxygens (including phenoxy) is 1. The van der Waals surface area contributed by atoms with Crippen molar-refractivity contribution in [1.82, 2.24) is 4.98 Å². The Labute approximate surface area is 124 Å². The highest BCUT2D eigenvalue weighted by atomic mass is 35.5. The Balaban J connectivity index is 1.97. The number of hydrogen-bond acceptors (Lipinski definition) is 2. The Kier molecular flexibility index (Phi) is 4.85. The van der Waals surface area contributed by atoms with Crippen LogP contribution in [0.4, 0.5) is 13.2 Å². The van der Waals surface area contributed by atoms with Crippen molar-refractivity contribution in [3.8, 4) is 5.75 Å². The summed E-state index contributed by atoms with van der Waals surface area (Å²) in [4.78, 5) is 4.14. The summed E-state index contributed by atoms with van der Waals surface area (Å²) in [5, 5.41) is 0.580. The van der Waals surface area contributed by atoms with Crippen molar-refractivity contribution >= 4 is 17.7 Å². The van der Waals surface area contributed by atoms with Crippen LogP contribution in [0.5, 0.6) is 5.75 Å². The first-order valence-electron chi connectivity index (χ1n) is 6.06. The summed E-state index contributed by atoms with van der Waals surface area (Å²) in [5.41, 5.74) is 1.50. The van der Waals surface area contributed by atoms with E-state index in [-0.39, 0.29) is 5.75 Å². The molecule has 0 N–H and O–H groups in total. The van der Waals surface area contributed by atoms with Crippen molar-refractivity contribution in [3.63, 3.8) is 0 Å². The normalized spacial score (nSPS) is 11.8. The Bertz CT molecular complexity index is 624. The molecule has 0 saturated heterocycles. The van der Waals surface area contributed by atoms with Gasteiger partial charge in [0.15, 0.2) is 0 Å². The number of rotatable bonds is 4. The summed E-state index contributed by atoms with van der Waals surface area (Å²) in [6, 6.07) is 9.10. The van der Waals surface area contributed by atoms with Gasteiger partial charge >= 0.3 is 6.36 Å². The molecule has 0 aliphatic rings. The van der Waals surface area contributed by atoms with Gasteiger partial charge in [0.2, 0.25) is 0 Å². The number of halogens is 4. The maximum atomic E-state index is 12.0. The third kappa shape index (κ3) is 5.11. The lowest BCUT2D eigenvalue weighted by Crippen LogP contribution is -2.16. The van der Waals surface area contributed by atoms with E-state index in [0.717, 1.165) is 11.3 Å². The van der Waals surface area contributed by atoms with Crippen LogP contribution in [0.2, 0.25) is 5.02 Å². The largest absolute Gasteiger partial charge is 0.573 e. The molecule has 21 heavy (non-hydrogen) atoms. The van der Waals surface area contributed by atoms with Gasteiger partial charge in [0, 0.05) is 12.6 Å². The SMILES string of the molecule is FC(F)(F)Oc1ccc(C=CCc2ncccc2Cl)cc1. The Morgan fingerprint density at radius 3 is 2.48 bits per heavy atom. The van der Waals surface area contributed by atoms with Gasteiger partial charge in [-0.3, -0.25) is 4.98 Å². The predicted octanol–water partition coefficient (Wildman–Crippen LogP) is 4.89. The fourth-order valence-corrected chi connectivity index (χ4v) is 1.85. The summed E-state index contributed by atoms with van der Waals surface area (Å²) in [7, 11) is 0. The standard InChI is InChI=1S/C15H11ClF3NO/c16-13-4-2-10-20-14(13)5-1-3-11-6-8-12(9-7-11)21-15(17,18)19/h1-4,6-10H,5H2.